The third-order valence-corrected chi connectivity index (χ3v) is 4.09. The summed E-state index contributed by atoms with van der Waals surface area (Å²) in [6.45, 7) is 0.751. The molecule has 1 saturated heterocycles. The smallest absolute Gasteiger partial charge is 0.303 e. The van der Waals surface area contributed by atoms with Crippen molar-refractivity contribution in [3.05, 3.63) is 32.4 Å². The predicted molar refractivity (Wildman–Crippen MR) is 65.3 cm³/mol. The summed E-state index contributed by atoms with van der Waals surface area (Å²) in [7, 11) is 0. The maximum Gasteiger partial charge on any atom is 0.305 e. The van der Waals surface area contributed by atoms with Crippen molar-refractivity contribution < 1.29 is 19.4 Å². The number of Topliss-reactive ketones (excluding diaryl/α,β-unsaturated/α-hetero) is 1. The van der Waals surface area contributed by atoms with Crippen LogP contribution in [0.15, 0.2) is 12.2 Å². The Bertz CT molecular complexity index is 544. The number of rotatable bonds is 4. The lowest BCUT2D eigenvalue weighted by Crippen LogP contribution is -2.74. The van der Waals surface area contributed by atoms with E-state index >= 15 is 0 Å². The maximum absolute atomic E-state index is 12.0. The largest absolute Gasteiger partial charge is 0.305 e. The Labute approximate surface area is 113 Å². The number of carbonyl (C=O) groups excluding carboxylic acids is 2. The first-order chi connectivity index (χ1) is 9.27. The van der Waals surface area contributed by atoms with E-state index in [2.05, 4.69) is 5.32 Å². The van der Waals surface area contributed by atoms with Crippen LogP contribution in [0.3, 0.4) is 0 Å². The monoisotopic (exact) mass is 283 g/mol. The van der Waals surface area contributed by atoms with Crippen LogP contribution in [0.1, 0.15) is 13.3 Å². The minimum absolute atomic E-state index is 0.142. The Morgan fingerprint density at radius 3 is 2.55 bits per heavy atom. The van der Waals surface area contributed by atoms with Gasteiger partial charge in [0.05, 0.1) is 13.1 Å². The molecule has 0 saturated carbocycles. The number of fused-ring (bicyclic) bond motifs is 2. The lowest BCUT2D eigenvalue weighted by Gasteiger charge is -2.44. The summed E-state index contributed by atoms with van der Waals surface area (Å²) in [6, 6.07) is 0. The van der Waals surface area contributed by atoms with Gasteiger partial charge in [-0.3, -0.25) is 25.0 Å². The van der Waals surface area contributed by atoms with Gasteiger partial charge in [-0.05, 0) is 19.1 Å². The molecule has 1 heterocycles. The van der Waals surface area contributed by atoms with Crippen LogP contribution in [0.4, 0.5) is 0 Å². The molecular formula is C11H13N3O6. The van der Waals surface area contributed by atoms with E-state index in [0.717, 1.165) is 12.2 Å². The van der Waals surface area contributed by atoms with Gasteiger partial charge in [-0.15, -0.1) is 0 Å². The fourth-order valence-electron chi connectivity index (χ4n) is 3.08. The summed E-state index contributed by atoms with van der Waals surface area (Å²) < 4.78 is 0. The van der Waals surface area contributed by atoms with Crippen molar-refractivity contribution in [2.75, 3.05) is 13.1 Å². The summed E-state index contributed by atoms with van der Waals surface area (Å²) in [4.78, 5) is 44.8. The highest BCUT2D eigenvalue weighted by atomic mass is 16.6. The molecule has 1 fully saturated rings. The van der Waals surface area contributed by atoms with E-state index in [9.17, 15) is 29.8 Å². The van der Waals surface area contributed by atoms with E-state index < -0.39 is 38.4 Å². The van der Waals surface area contributed by atoms with Crippen LogP contribution < -0.4 is 5.32 Å². The second-order valence-corrected chi connectivity index (χ2v) is 5.19. The number of nitro groups is 2. The molecule has 2 aliphatic rings. The Morgan fingerprint density at radius 1 is 1.40 bits per heavy atom. The lowest BCUT2D eigenvalue weighted by atomic mass is 9.61. The molecule has 2 bridgehead atoms. The molecule has 1 N–H and O–H groups in total. The van der Waals surface area contributed by atoms with Crippen molar-refractivity contribution in [3.8, 4) is 0 Å². The number of nitrogens with zero attached hydrogens (tertiary/aromatic N) is 2. The summed E-state index contributed by atoms with van der Waals surface area (Å²) in [6.07, 6.45) is 1.61. The van der Waals surface area contributed by atoms with Gasteiger partial charge in [0.15, 0.2) is 0 Å². The van der Waals surface area contributed by atoms with Crippen molar-refractivity contribution >= 4 is 11.6 Å². The highest BCUT2D eigenvalue weighted by Crippen LogP contribution is 2.43. The summed E-state index contributed by atoms with van der Waals surface area (Å²) >= 11 is 0. The van der Waals surface area contributed by atoms with Gasteiger partial charge in [-0.2, -0.15) is 0 Å². The Morgan fingerprint density at radius 2 is 2.05 bits per heavy atom. The summed E-state index contributed by atoms with van der Waals surface area (Å²) in [5.74, 6) is -2.51. The van der Waals surface area contributed by atoms with Crippen molar-refractivity contribution in [2.45, 2.75) is 24.4 Å². The number of piperidine rings is 1. The molecule has 0 amide bonds. The second-order valence-electron chi connectivity index (χ2n) is 5.19. The molecule has 9 heteroatoms. The van der Waals surface area contributed by atoms with Crippen molar-refractivity contribution in [3.63, 3.8) is 0 Å². The van der Waals surface area contributed by atoms with Gasteiger partial charge in [0.1, 0.15) is 11.7 Å². The van der Waals surface area contributed by atoms with Crippen LogP contribution in [-0.2, 0) is 9.59 Å². The third-order valence-electron chi connectivity index (χ3n) is 4.09. The van der Waals surface area contributed by atoms with Crippen LogP contribution >= 0.6 is 0 Å². The molecule has 0 radical (unpaired) electrons. The van der Waals surface area contributed by atoms with Crippen molar-refractivity contribution in [1.29, 1.82) is 0 Å². The van der Waals surface area contributed by atoms with Crippen LogP contribution in [0.2, 0.25) is 0 Å². The molecule has 0 aromatic heterocycles. The normalized spacial score (nSPS) is 35.6. The number of carbonyl (C=O) groups is 2. The average Bonchev–Trinajstić information content (AvgIpc) is 2.33. The van der Waals surface area contributed by atoms with Gasteiger partial charge < -0.3 is 10.1 Å². The molecule has 1 aliphatic carbocycles. The predicted octanol–water partition coefficient (Wildman–Crippen LogP) is -0.645. The molecule has 3 unspecified atom stereocenters. The topological polar surface area (TPSA) is 132 Å². The van der Waals surface area contributed by atoms with E-state index in [1.165, 1.54) is 6.92 Å². The third kappa shape index (κ3) is 1.66. The highest BCUT2D eigenvalue weighted by molar-refractivity contribution is 5.99. The van der Waals surface area contributed by atoms with E-state index in [1.54, 1.807) is 0 Å². The minimum atomic E-state index is -2.15. The molecule has 9 nitrogen and oxygen atoms in total. The Kier molecular flexibility index (Phi) is 3.17. The molecule has 1 aliphatic heterocycles. The molecule has 0 spiro atoms. The quantitative estimate of drug-likeness (QED) is 0.535. The molecule has 108 valence electrons. The van der Waals surface area contributed by atoms with Gasteiger partial charge in [-0.25, -0.2) is 0 Å². The molecule has 20 heavy (non-hydrogen) atoms. The molecule has 2 rings (SSSR count). The van der Waals surface area contributed by atoms with Gasteiger partial charge in [0.25, 0.3) is 5.54 Å². The molecule has 0 aromatic rings. The highest BCUT2D eigenvalue weighted by Gasteiger charge is 2.72. The zero-order valence-corrected chi connectivity index (χ0v) is 10.7. The fraction of sp³-hybridized carbons (Fsp3) is 0.636. The Balaban J connectivity index is 2.67. The number of ketones is 2. The first-order valence-electron chi connectivity index (χ1n) is 6.00. The van der Waals surface area contributed by atoms with E-state index in [4.69, 9.17) is 0 Å². The zero-order chi connectivity index (χ0) is 15.1. The van der Waals surface area contributed by atoms with Crippen molar-refractivity contribution in [2.24, 2.45) is 5.92 Å². The molecule has 3 atom stereocenters. The average molecular weight is 283 g/mol. The van der Waals surface area contributed by atoms with Crippen LogP contribution in [-0.4, -0.2) is 45.6 Å². The SMILES string of the molecule is CC(=O)CC1C2([N+](=O)[O-])C=CC(=O)C1([N+](=O)[O-])CNC2. The zero-order valence-electron chi connectivity index (χ0n) is 10.7. The van der Waals surface area contributed by atoms with E-state index in [0.29, 0.717) is 0 Å². The van der Waals surface area contributed by atoms with Gasteiger partial charge in [-0.1, -0.05) is 0 Å². The number of nitrogens with one attached hydrogen (secondary N) is 1. The molecule has 0 aromatic carbocycles. The number of hydrogen-bond acceptors (Lipinski definition) is 7. The summed E-state index contributed by atoms with van der Waals surface area (Å²) in [5.41, 5.74) is -3.95. The van der Waals surface area contributed by atoms with Gasteiger partial charge in [0.2, 0.25) is 5.78 Å². The van der Waals surface area contributed by atoms with Crippen molar-refractivity contribution in [1.82, 2.24) is 5.32 Å². The van der Waals surface area contributed by atoms with Gasteiger partial charge >= 0.3 is 5.54 Å². The maximum atomic E-state index is 12.0. The van der Waals surface area contributed by atoms with Crippen LogP contribution in [0.25, 0.3) is 0 Å². The van der Waals surface area contributed by atoms with E-state index in [1.807, 2.05) is 0 Å². The second kappa shape index (κ2) is 4.44. The van der Waals surface area contributed by atoms with Gasteiger partial charge in [0, 0.05) is 16.3 Å². The first-order valence-corrected chi connectivity index (χ1v) is 6.00. The number of hydrogen-bond donors (Lipinski definition) is 1. The minimum Gasteiger partial charge on any atom is -0.303 e. The standard InChI is InChI=1S/C11H13N3O6/c1-7(15)4-8-10(13(17)18)3-2-9(16)11(8,14(19)20)6-12-5-10/h2-3,8,12H,4-6H2,1H3. The van der Waals surface area contributed by atoms with Crippen LogP contribution in [0, 0.1) is 26.1 Å². The summed E-state index contributed by atoms with van der Waals surface area (Å²) in [5, 5.41) is 25.4. The Hall–Kier alpha value is -2.16. The lowest BCUT2D eigenvalue weighted by molar-refractivity contribution is -0.618. The van der Waals surface area contributed by atoms with Crippen LogP contribution in [0.5, 0.6) is 0 Å². The van der Waals surface area contributed by atoms with E-state index in [-0.39, 0.29) is 19.5 Å². The fourth-order valence-corrected chi connectivity index (χ4v) is 3.08. The first kappa shape index (κ1) is 14.3. The molecular weight excluding hydrogens is 270 g/mol.